The van der Waals surface area contributed by atoms with E-state index in [2.05, 4.69) is 0 Å². The average Bonchev–Trinajstić information content (AvgIpc) is 2.71. The van der Waals surface area contributed by atoms with E-state index in [0.717, 1.165) is 6.07 Å². The van der Waals surface area contributed by atoms with Crippen LogP contribution in [0.3, 0.4) is 0 Å². The second-order valence-corrected chi connectivity index (χ2v) is 7.66. The summed E-state index contributed by atoms with van der Waals surface area (Å²) in [6, 6.07) is 3.38. The highest BCUT2D eigenvalue weighted by Crippen LogP contribution is 2.43. The highest BCUT2D eigenvalue weighted by atomic mass is 35.5. The molecule has 1 fully saturated rings. The minimum absolute atomic E-state index is 0.116. The second-order valence-electron chi connectivity index (χ2n) is 7.25. The number of hydrogen-bond acceptors (Lipinski definition) is 4. The number of alkyl halides is 3. The van der Waals surface area contributed by atoms with Crippen LogP contribution in [0.25, 0.3) is 0 Å². The fourth-order valence-corrected chi connectivity index (χ4v) is 2.98. The molecule has 0 spiro atoms. The maximum Gasteiger partial charge on any atom is 0.466 e. The summed E-state index contributed by atoms with van der Waals surface area (Å²) in [4.78, 5) is 11.8. The Morgan fingerprint density at radius 3 is 2.19 bits per heavy atom. The molecule has 0 aromatic heterocycles. The van der Waals surface area contributed by atoms with Crippen LogP contribution in [0.2, 0.25) is 5.02 Å². The van der Waals surface area contributed by atoms with Crippen LogP contribution in [0.4, 0.5) is 13.2 Å². The topological polar surface area (TPSA) is 44.8 Å². The van der Waals surface area contributed by atoms with E-state index in [1.54, 1.807) is 0 Å². The smallest absolute Gasteiger partial charge is 0.466 e. The van der Waals surface area contributed by atoms with E-state index in [1.165, 1.54) is 19.2 Å². The predicted molar refractivity (Wildman–Crippen MR) is 91.9 cm³/mol. The lowest BCUT2D eigenvalue weighted by molar-refractivity contribution is -0.141. The molecule has 0 aliphatic carbocycles. The summed E-state index contributed by atoms with van der Waals surface area (Å²) in [5.74, 6) is -1.19. The number of rotatable bonds is 4. The maximum absolute atomic E-state index is 12.9. The Balaban J connectivity index is 2.41. The highest BCUT2D eigenvalue weighted by molar-refractivity contribution is 6.48. The van der Waals surface area contributed by atoms with E-state index in [1.807, 2.05) is 27.7 Å². The number of esters is 1. The molecule has 1 aliphatic heterocycles. The molecule has 9 heteroatoms. The molecule has 1 aromatic carbocycles. The molecule has 0 radical (unpaired) electrons. The van der Waals surface area contributed by atoms with E-state index < -0.39 is 46.9 Å². The molecule has 0 N–H and O–H groups in total. The summed E-state index contributed by atoms with van der Waals surface area (Å²) in [5, 5.41) is -0.443. The van der Waals surface area contributed by atoms with Crippen LogP contribution in [0.15, 0.2) is 18.2 Å². The molecule has 1 saturated heterocycles. The van der Waals surface area contributed by atoms with Crippen molar-refractivity contribution in [1.82, 2.24) is 0 Å². The van der Waals surface area contributed by atoms with Gasteiger partial charge in [-0.3, -0.25) is 4.79 Å². The van der Waals surface area contributed by atoms with E-state index in [-0.39, 0.29) is 6.42 Å². The van der Waals surface area contributed by atoms with Gasteiger partial charge in [-0.1, -0.05) is 17.7 Å². The molecular formula is C17H21BClF3O4. The monoisotopic (exact) mass is 392 g/mol. The summed E-state index contributed by atoms with van der Waals surface area (Å²) in [6.45, 7) is 7.40. The molecule has 1 aliphatic rings. The molecule has 0 amide bonds. The molecule has 1 unspecified atom stereocenters. The summed E-state index contributed by atoms with van der Waals surface area (Å²) >= 11 is 5.83. The van der Waals surface area contributed by atoms with Gasteiger partial charge in [-0.2, -0.15) is 13.2 Å². The summed E-state index contributed by atoms with van der Waals surface area (Å²) in [5.41, 5.74) is -1.83. The average molecular weight is 393 g/mol. The third kappa shape index (κ3) is 4.18. The number of methoxy groups -OCH3 is 1. The van der Waals surface area contributed by atoms with Gasteiger partial charge in [-0.25, -0.2) is 0 Å². The van der Waals surface area contributed by atoms with Crippen LogP contribution in [0, 0.1) is 0 Å². The van der Waals surface area contributed by atoms with Crippen molar-refractivity contribution in [2.75, 3.05) is 7.11 Å². The minimum atomic E-state index is -4.56. The molecule has 2 rings (SSSR count). The molecule has 144 valence electrons. The van der Waals surface area contributed by atoms with E-state index in [4.69, 9.17) is 25.6 Å². The molecule has 1 aromatic rings. The third-order valence-electron chi connectivity index (χ3n) is 4.94. The van der Waals surface area contributed by atoms with Crippen molar-refractivity contribution in [2.45, 2.75) is 57.3 Å². The van der Waals surface area contributed by atoms with Crippen LogP contribution in [-0.2, 0) is 25.0 Å². The first kappa shape index (κ1) is 21.1. The normalized spacial score (nSPS) is 20.1. The SMILES string of the molecule is COC(=O)CC(B1OC(C)(C)C(C)(C)O1)c1ccc(C(F)(F)F)c(Cl)c1. The van der Waals surface area contributed by atoms with Crippen molar-refractivity contribution in [2.24, 2.45) is 0 Å². The fraction of sp³-hybridized carbons (Fsp3) is 0.588. The van der Waals surface area contributed by atoms with Gasteiger partial charge in [0.2, 0.25) is 0 Å². The van der Waals surface area contributed by atoms with Crippen molar-refractivity contribution < 1.29 is 32.0 Å². The predicted octanol–water partition coefficient (Wildman–Crippen LogP) is 4.64. The van der Waals surface area contributed by atoms with E-state index in [0.29, 0.717) is 5.56 Å². The lowest BCUT2D eigenvalue weighted by Crippen LogP contribution is -2.41. The Morgan fingerprint density at radius 2 is 1.77 bits per heavy atom. The van der Waals surface area contributed by atoms with Gasteiger partial charge in [0.15, 0.2) is 0 Å². The number of halogens is 4. The number of carbonyl (C=O) groups is 1. The minimum Gasteiger partial charge on any atom is -0.469 e. The Kier molecular flexibility index (Phi) is 5.71. The van der Waals surface area contributed by atoms with Crippen LogP contribution in [-0.4, -0.2) is 31.4 Å². The second kappa shape index (κ2) is 7.05. The quantitative estimate of drug-likeness (QED) is 0.553. The lowest BCUT2D eigenvalue weighted by Gasteiger charge is -2.32. The highest BCUT2D eigenvalue weighted by Gasteiger charge is 2.54. The summed E-state index contributed by atoms with van der Waals surface area (Å²) in [7, 11) is 0.413. The Bertz CT molecular complexity index is 675. The Morgan fingerprint density at radius 1 is 1.23 bits per heavy atom. The molecule has 0 saturated carbocycles. The summed E-state index contributed by atoms with van der Waals surface area (Å²) in [6.07, 6.45) is -4.67. The molecule has 4 nitrogen and oxygen atoms in total. The van der Waals surface area contributed by atoms with E-state index in [9.17, 15) is 18.0 Å². The first-order valence-electron chi connectivity index (χ1n) is 8.07. The van der Waals surface area contributed by atoms with Gasteiger partial charge in [0.25, 0.3) is 0 Å². The number of benzene rings is 1. The molecule has 1 heterocycles. The Labute approximate surface area is 156 Å². The van der Waals surface area contributed by atoms with Crippen molar-refractivity contribution in [3.05, 3.63) is 34.3 Å². The van der Waals surface area contributed by atoms with Gasteiger partial charge in [0.05, 0.1) is 35.3 Å². The molecular weight excluding hydrogens is 371 g/mol. The number of hydrogen-bond donors (Lipinski definition) is 0. The lowest BCUT2D eigenvalue weighted by atomic mass is 9.66. The van der Waals surface area contributed by atoms with Crippen molar-refractivity contribution in [1.29, 1.82) is 0 Å². The van der Waals surface area contributed by atoms with Gasteiger partial charge < -0.3 is 14.0 Å². The van der Waals surface area contributed by atoms with Crippen molar-refractivity contribution >= 4 is 24.7 Å². The molecule has 1 atom stereocenters. The van der Waals surface area contributed by atoms with E-state index >= 15 is 0 Å². The third-order valence-corrected chi connectivity index (χ3v) is 5.25. The zero-order valence-electron chi connectivity index (χ0n) is 15.2. The largest absolute Gasteiger partial charge is 0.469 e. The van der Waals surface area contributed by atoms with Crippen molar-refractivity contribution in [3.63, 3.8) is 0 Å². The first-order chi connectivity index (χ1) is 11.8. The van der Waals surface area contributed by atoms with Crippen molar-refractivity contribution in [3.8, 4) is 0 Å². The van der Waals surface area contributed by atoms with Crippen LogP contribution >= 0.6 is 11.6 Å². The van der Waals surface area contributed by atoms with Gasteiger partial charge in [-0.05, 0) is 45.4 Å². The maximum atomic E-state index is 12.9. The van der Waals surface area contributed by atoms with Gasteiger partial charge in [0.1, 0.15) is 0 Å². The summed E-state index contributed by atoms with van der Waals surface area (Å²) < 4.78 is 55.5. The zero-order valence-corrected chi connectivity index (χ0v) is 16.0. The molecule has 0 bridgehead atoms. The van der Waals surface area contributed by atoms with Crippen LogP contribution in [0.1, 0.15) is 51.1 Å². The van der Waals surface area contributed by atoms with Crippen LogP contribution < -0.4 is 0 Å². The first-order valence-corrected chi connectivity index (χ1v) is 8.45. The molecule has 26 heavy (non-hydrogen) atoms. The van der Waals surface area contributed by atoms with Gasteiger partial charge in [-0.15, -0.1) is 0 Å². The zero-order chi connectivity index (χ0) is 19.9. The standard InChI is InChI=1S/C17H21BClF3O4/c1-15(2)16(3,4)26-18(25-15)12(9-14(23)24-5)10-6-7-11(13(19)8-10)17(20,21)22/h6-8,12H,9H2,1-5H3. The fourth-order valence-electron chi connectivity index (χ4n) is 2.68. The van der Waals surface area contributed by atoms with Crippen LogP contribution in [0.5, 0.6) is 0 Å². The Hall–Kier alpha value is -1.25. The van der Waals surface area contributed by atoms with Gasteiger partial charge in [0, 0.05) is 5.82 Å². The number of ether oxygens (including phenoxy) is 1. The van der Waals surface area contributed by atoms with Gasteiger partial charge >= 0.3 is 19.3 Å². The number of carbonyl (C=O) groups excluding carboxylic acids is 1.